The number of nitrogens with zero attached hydrogens (tertiary/aromatic N) is 2. The van der Waals surface area contributed by atoms with Crippen molar-refractivity contribution in [1.29, 1.82) is 0 Å². The molecule has 2 aliphatic rings. The molecular weight excluding hydrogens is 268 g/mol. The molecule has 22 heavy (non-hydrogen) atoms. The quantitative estimate of drug-likeness (QED) is 0.755. The molecule has 0 N–H and O–H groups in total. The van der Waals surface area contributed by atoms with E-state index >= 15 is 0 Å². The maximum atomic E-state index is 5.05. The van der Waals surface area contributed by atoms with E-state index in [2.05, 4.69) is 61.7 Å². The third kappa shape index (κ3) is 1.83. The van der Waals surface area contributed by atoms with E-state index in [1.165, 1.54) is 27.8 Å². The van der Waals surface area contributed by atoms with Crippen LogP contribution >= 0.6 is 0 Å². The van der Waals surface area contributed by atoms with E-state index in [-0.39, 0.29) is 0 Å². The lowest BCUT2D eigenvalue weighted by Gasteiger charge is -2.37. The van der Waals surface area contributed by atoms with Gasteiger partial charge in [-0.1, -0.05) is 49.4 Å². The molecule has 2 aromatic carbocycles. The van der Waals surface area contributed by atoms with Gasteiger partial charge in [0.1, 0.15) is 5.84 Å². The smallest absolute Gasteiger partial charge is 0.141 e. The van der Waals surface area contributed by atoms with Gasteiger partial charge in [0.05, 0.1) is 5.69 Å². The Morgan fingerprint density at radius 1 is 1.18 bits per heavy atom. The van der Waals surface area contributed by atoms with Crippen LogP contribution in [-0.4, -0.2) is 17.3 Å². The maximum absolute atomic E-state index is 5.05. The number of aliphatic imine (C=N–C) groups is 1. The van der Waals surface area contributed by atoms with Gasteiger partial charge in [0.25, 0.3) is 0 Å². The SMILES string of the molecule is C=C1c2cc(C)cc(CC)c2N=C2c3ccccc3CCN12. The van der Waals surface area contributed by atoms with Gasteiger partial charge in [-0.3, -0.25) is 0 Å². The van der Waals surface area contributed by atoms with Gasteiger partial charge in [-0.2, -0.15) is 0 Å². The molecular formula is C20H20N2. The summed E-state index contributed by atoms with van der Waals surface area (Å²) in [6.07, 6.45) is 2.05. The third-order valence-corrected chi connectivity index (χ3v) is 4.69. The molecule has 2 aromatic rings. The zero-order chi connectivity index (χ0) is 15.3. The number of rotatable bonds is 1. The molecule has 0 spiro atoms. The minimum Gasteiger partial charge on any atom is -0.325 e. The minimum absolute atomic E-state index is 0.962. The lowest BCUT2D eigenvalue weighted by atomic mass is 9.93. The molecule has 0 radical (unpaired) electrons. The number of amidine groups is 1. The average molecular weight is 288 g/mol. The highest BCUT2D eigenvalue weighted by Gasteiger charge is 2.30. The van der Waals surface area contributed by atoms with Crippen LogP contribution in [0.1, 0.15) is 34.7 Å². The summed E-state index contributed by atoms with van der Waals surface area (Å²) in [5.74, 6) is 1.07. The van der Waals surface area contributed by atoms with Crippen LogP contribution in [0.5, 0.6) is 0 Å². The summed E-state index contributed by atoms with van der Waals surface area (Å²) in [6, 6.07) is 13.1. The molecule has 2 heterocycles. The molecule has 2 nitrogen and oxygen atoms in total. The molecule has 110 valence electrons. The van der Waals surface area contributed by atoms with Crippen LogP contribution in [0.15, 0.2) is 48.0 Å². The van der Waals surface area contributed by atoms with Gasteiger partial charge < -0.3 is 4.90 Å². The van der Waals surface area contributed by atoms with Gasteiger partial charge in [0.15, 0.2) is 0 Å². The normalized spacial score (nSPS) is 15.8. The van der Waals surface area contributed by atoms with Crippen molar-refractivity contribution in [2.24, 2.45) is 4.99 Å². The molecule has 4 rings (SSSR count). The minimum atomic E-state index is 0.962. The lowest BCUT2D eigenvalue weighted by Crippen LogP contribution is -2.38. The summed E-state index contributed by atoms with van der Waals surface area (Å²) >= 11 is 0. The summed E-state index contributed by atoms with van der Waals surface area (Å²) in [5.41, 5.74) is 8.63. The lowest BCUT2D eigenvalue weighted by molar-refractivity contribution is 0.561. The highest BCUT2D eigenvalue weighted by atomic mass is 15.2. The molecule has 0 atom stereocenters. The van der Waals surface area contributed by atoms with Crippen molar-refractivity contribution in [2.45, 2.75) is 26.7 Å². The predicted octanol–water partition coefficient (Wildman–Crippen LogP) is 4.48. The van der Waals surface area contributed by atoms with E-state index in [0.29, 0.717) is 0 Å². The Labute approximate surface area is 131 Å². The standard InChI is InChI=1S/C20H20N2/c1-4-15-11-13(2)12-18-14(3)22-10-9-16-7-5-6-8-17(16)20(22)21-19(15)18/h5-8,11-12H,3-4,9-10H2,1-2H3. The molecule has 2 heteroatoms. The van der Waals surface area contributed by atoms with E-state index in [9.17, 15) is 0 Å². The van der Waals surface area contributed by atoms with E-state index < -0.39 is 0 Å². The van der Waals surface area contributed by atoms with Crippen LogP contribution < -0.4 is 0 Å². The Hall–Kier alpha value is -2.35. The van der Waals surface area contributed by atoms with E-state index in [0.717, 1.165) is 36.6 Å². The summed E-state index contributed by atoms with van der Waals surface area (Å²) in [6.45, 7) is 9.68. The van der Waals surface area contributed by atoms with Crippen molar-refractivity contribution >= 4 is 17.2 Å². The molecule has 0 aromatic heterocycles. The van der Waals surface area contributed by atoms with Gasteiger partial charge in [0, 0.05) is 23.4 Å². The molecule has 0 amide bonds. The predicted molar refractivity (Wildman–Crippen MR) is 92.6 cm³/mol. The van der Waals surface area contributed by atoms with Crippen molar-refractivity contribution < 1.29 is 0 Å². The largest absolute Gasteiger partial charge is 0.325 e. The maximum Gasteiger partial charge on any atom is 0.141 e. The van der Waals surface area contributed by atoms with Gasteiger partial charge in [-0.05, 0) is 37.0 Å². The van der Waals surface area contributed by atoms with Crippen LogP contribution in [0.3, 0.4) is 0 Å². The van der Waals surface area contributed by atoms with Crippen LogP contribution in [0.2, 0.25) is 0 Å². The molecule has 0 bridgehead atoms. The Bertz CT molecular complexity index is 814. The summed E-state index contributed by atoms with van der Waals surface area (Å²) in [7, 11) is 0. The molecule has 0 saturated heterocycles. The Kier molecular flexibility index (Phi) is 2.93. The van der Waals surface area contributed by atoms with E-state index in [1.54, 1.807) is 0 Å². The molecule has 0 saturated carbocycles. The number of benzene rings is 2. The zero-order valence-electron chi connectivity index (χ0n) is 13.2. The van der Waals surface area contributed by atoms with Crippen molar-refractivity contribution in [2.75, 3.05) is 6.54 Å². The van der Waals surface area contributed by atoms with Crippen LogP contribution in [0.25, 0.3) is 5.70 Å². The van der Waals surface area contributed by atoms with Crippen molar-refractivity contribution in [3.05, 3.63) is 70.8 Å². The monoisotopic (exact) mass is 288 g/mol. The molecule has 0 aliphatic carbocycles. The second-order valence-corrected chi connectivity index (χ2v) is 6.11. The van der Waals surface area contributed by atoms with Crippen LogP contribution in [0, 0.1) is 6.92 Å². The number of aryl methyl sites for hydroxylation is 2. The summed E-state index contributed by atoms with van der Waals surface area (Å²) in [5, 5.41) is 0. The third-order valence-electron chi connectivity index (χ3n) is 4.69. The van der Waals surface area contributed by atoms with Gasteiger partial charge >= 0.3 is 0 Å². The summed E-state index contributed by atoms with van der Waals surface area (Å²) < 4.78 is 0. The molecule has 0 unspecified atom stereocenters. The first kappa shape index (κ1) is 13.3. The topological polar surface area (TPSA) is 15.6 Å². The Morgan fingerprint density at radius 2 is 2.00 bits per heavy atom. The molecule has 2 aliphatic heterocycles. The highest BCUT2D eigenvalue weighted by molar-refractivity contribution is 6.09. The number of hydrogen-bond acceptors (Lipinski definition) is 2. The highest BCUT2D eigenvalue weighted by Crippen LogP contribution is 2.40. The molecule has 0 fully saturated rings. The summed E-state index contributed by atoms with van der Waals surface area (Å²) in [4.78, 5) is 7.33. The second-order valence-electron chi connectivity index (χ2n) is 6.11. The fourth-order valence-electron chi connectivity index (χ4n) is 3.55. The second kappa shape index (κ2) is 4.84. The fraction of sp³-hybridized carbons (Fsp3) is 0.250. The first-order chi connectivity index (χ1) is 10.7. The first-order valence-corrected chi connectivity index (χ1v) is 7.96. The first-order valence-electron chi connectivity index (χ1n) is 7.96. The number of hydrogen-bond donors (Lipinski definition) is 0. The average Bonchev–Trinajstić information content (AvgIpc) is 2.55. The van der Waals surface area contributed by atoms with E-state index in [4.69, 9.17) is 4.99 Å². The van der Waals surface area contributed by atoms with Gasteiger partial charge in [-0.15, -0.1) is 0 Å². The van der Waals surface area contributed by atoms with Crippen molar-refractivity contribution in [3.8, 4) is 0 Å². The Morgan fingerprint density at radius 3 is 2.82 bits per heavy atom. The van der Waals surface area contributed by atoms with Crippen molar-refractivity contribution in [1.82, 2.24) is 4.90 Å². The van der Waals surface area contributed by atoms with Gasteiger partial charge in [-0.25, -0.2) is 4.99 Å². The van der Waals surface area contributed by atoms with Gasteiger partial charge in [0.2, 0.25) is 0 Å². The van der Waals surface area contributed by atoms with Crippen LogP contribution in [-0.2, 0) is 12.8 Å². The van der Waals surface area contributed by atoms with Crippen LogP contribution in [0.4, 0.5) is 5.69 Å². The van der Waals surface area contributed by atoms with Crippen molar-refractivity contribution in [3.63, 3.8) is 0 Å². The zero-order valence-corrected chi connectivity index (χ0v) is 13.2. The Balaban J connectivity index is 1.99. The number of fused-ring (bicyclic) bond motifs is 4. The fourth-order valence-corrected chi connectivity index (χ4v) is 3.55. The van der Waals surface area contributed by atoms with E-state index in [1.807, 2.05) is 0 Å².